The van der Waals surface area contributed by atoms with Crippen LogP contribution in [0.4, 0.5) is 0 Å². The van der Waals surface area contributed by atoms with E-state index in [1.807, 2.05) is 6.07 Å². The van der Waals surface area contributed by atoms with Crippen LogP contribution in [0, 0.1) is 0 Å². The van der Waals surface area contributed by atoms with Crippen LogP contribution in [0.2, 0.25) is 0 Å². The zero-order valence-corrected chi connectivity index (χ0v) is 9.22. The Labute approximate surface area is 92.3 Å². The molecule has 3 rings (SSSR count). The minimum Gasteiger partial charge on any atom is -0.477 e. The molecular formula is C11H13NO2S. The first-order valence-electron chi connectivity index (χ1n) is 5.33. The molecule has 1 aliphatic carbocycles. The van der Waals surface area contributed by atoms with Crippen molar-refractivity contribution in [1.82, 2.24) is 4.90 Å². The van der Waals surface area contributed by atoms with Gasteiger partial charge in [0.15, 0.2) is 0 Å². The first-order chi connectivity index (χ1) is 7.24. The van der Waals surface area contributed by atoms with Crippen LogP contribution in [0.25, 0.3) is 0 Å². The zero-order chi connectivity index (χ0) is 10.4. The molecule has 2 heterocycles. The average Bonchev–Trinajstić information content (AvgIpc) is 2.96. The fourth-order valence-corrected chi connectivity index (χ4v) is 3.21. The van der Waals surface area contributed by atoms with E-state index >= 15 is 0 Å². The number of hydrogen-bond donors (Lipinski definition) is 1. The monoisotopic (exact) mass is 223 g/mol. The van der Waals surface area contributed by atoms with Gasteiger partial charge in [-0.15, -0.1) is 11.3 Å². The Morgan fingerprint density at radius 2 is 2.33 bits per heavy atom. The second kappa shape index (κ2) is 3.32. The van der Waals surface area contributed by atoms with Crippen molar-refractivity contribution in [1.29, 1.82) is 0 Å². The van der Waals surface area contributed by atoms with Crippen molar-refractivity contribution in [3.8, 4) is 0 Å². The summed E-state index contributed by atoms with van der Waals surface area (Å²) in [6, 6.07) is 2.64. The summed E-state index contributed by atoms with van der Waals surface area (Å²) in [6.45, 7) is 2.07. The van der Waals surface area contributed by atoms with Gasteiger partial charge in [0.05, 0.1) is 0 Å². The van der Waals surface area contributed by atoms with E-state index in [1.165, 1.54) is 34.6 Å². The van der Waals surface area contributed by atoms with E-state index < -0.39 is 5.97 Å². The second-order valence-electron chi connectivity index (χ2n) is 4.32. The number of rotatable bonds is 2. The quantitative estimate of drug-likeness (QED) is 0.833. The van der Waals surface area contributed by atoms with Crippen LogP contribution in [-0.2, 0) is 13.0 Å². The Kier molecular flexibility index (Phi) is 2.07. The molecule has 1 aliphatic heterocycles. The third-order valence-electron chi connectivity index (χ3n) is 3.17. The van der Waals surface area contributed by atoms with Gasteiger partial charge >= 0.3 is 5.97 Å². The van der Waals surface area contributed by atoms with Crippen molar-refractivity contribution >= 4 is 17.3 Å². The summed E-state index contributed by atoms with van der Waals surface area (Å²) >= 11 is 1.45. The fraction of sp³-hybridized carbons (Fsp3) is 0.545. The molecule has 0 saturated heterocycles. The highest BCUT2D eigenvalue weighted by Gasteiger charge is 2.32. The maximum absolute atomic E-state index is 10.8. The van der Waals surface area contributed by atoms with Crippen LogP contribution in [0.1, 0.15) is 33.0 Å². The Morgan fingerprint density at radius 3 is 3.00 bits per heavy atom. The molecule has 0 atom stereocenters. The van der Waals surface area contributed by atoms with Crippen LogP contribution in [-0.4, -0.2) is 28.6 Å². The van der Waals surface area contributed by atoms with E-state index in [0.717, 1.165) is 25.6 Å². The number of thiophene rings is 1. The minimum absolute atomic E-state index is 0.498. The smallest absolute Gasteiger partial charge is 0.345 e. The lowest BCUT2D eigenvalue weighted by Gasteiger charge is -2.26. The third-order valence-corrected chi connectivity index (χ3v) is 4.40. The Morgan fingerprint density at radius 1 is 1.53 bits per heavy atom. The molecule has 15 heavy (non-hydrogen) atoms. The predicted molar refractivity (Wildman–Crippen MR) is 58.4 cm³/mol. The number of carboxylic acid groups (broad SMARTS) is 1. The summed E-state index contributed by atoms with van der Waals surface area (Å²) in [7, 11) is 0. The van der Waals surface area contributed by atoms with Gasteiger partial charge in [-0.25, -0.2) is 4.79 Å². The van der Waals surface area contributed by atoms with Crippen LogP contribution in [0.5, 0.6) is 0 Å². The first-order valence-corrected chi connectivity index (χ1v) is 6.14. The van der Waals surface area contributed by atoms with Crippen LogP contribution in [0.15, 0.2) is 6.07 Å². The topological polar surface area (TPSA) is 40.5 Å². The van der Waals surface area contributed by atoms with Crippen LogP contribution >= 0.6 is 11.3 Å². The van der Waals surface area contributed by atoms with Gasteiger partial charge in [0, 0.05) is 24.0 Å². The standard InChI is InChI=1S/C11H13NO2S/c13-11(14)10-5-7-6-12(8-1-2-8)4-3-9(7)15-10/h5,8H,1-4,6H2,(H,13,14). The summed E-state index contributed by atoms with van der Waals surface area (Å²) in [5, 5.41) is 8.92. The maximum atomic E-state index is 10.8. The Balaban J connectivity index is 1.85. The van der Waals surface area contributed by atoms with Crippen molar-refractivity contribution in [2.45, 2.75) is 31.8 Å². The molecule has 1 fully saturated rings. The lowest BCUT2D eigenvalue weighted by molar-refractivity contribution is 0.0702. The summed E-state index contributed by atoms with van der Waals surface area (Å²) in [5.41, 5.74) is 1.25. The molecule has 0 spiro atoms. The van der Waals surface area contributed by atoms with Gasteiger partial charge in [0.2, 0.25) is 0 Å². The van der Waals surface area contributed by atoms with Gasteiger partial charge < -0.3 is 5.11 Å². The first kappa shape index (κ1) is 9.36. The molecule has 1 N–H and O–H groups in total. The number of aromatic carboxylic acids is 1. The van der Waals surface area contributed by atoms with Gasteiger partial charge in [0.1, 0.15) is 4.88 Å². The van der Waals surface area contributed by atoms with E-state index in [9.17, 15) is 4.79 Å². The van der Waals surface area contributed by atoms with E-state index in [0.29, 0.717) is 4.88 Å². The van der Waals surface area contributed by atoms with Crippen molar-refractivity contribution in [3.05, 3.63) is 21.4 Å². The van der Waals surface area contributed by atoms with Gasteiger partial charge in [0.25, 0.3) is 0 Å². The number of fused-ring (bicyclic) bond motifs is 1. The normalized spacial score (nSPS) is 21.3. The fourth-order valence-electron chi connectivity index (χ4n) is 2.21. The van der Waals surface area contributed by atoms with Gasteiger partial charge in [-0.2, -0.15) is 0 Å². The summed E-state index contributed by atoms with van der Waals surface area (Å²) < 4.78 is 0. The lowest BCUT2D eigenvalue weighted by Crippen LogP contribution is -2.31. The number of carboxylic acids is 1. The van der Waals surface area contributed by atoms with Gasteiger partial charge in [-0.05, 0) is 30.9 Å². The highest BCUT2D eigenvalue weighted by Crippen LogP contribution is 2.34. The molecule has 4 heteroatoms. The van der Waals surface area contributed by atoms with Crippen molar-refractivity contribution in [2.24, 2.45) is 0 Å². The van der Waals surface area contributed by atoms with Crippen molar-refractivity contribution < 1.29 is 9.90 Å². The van der Waals surface area contributed by atoms with Crippen molar-refractivity contribution in [3.63, 3.8) is 0 Å². The molecule has 2 aliphatic rings. The van der Waals surface area contributed by atoms with Gasteiger partial charge in [-0.3, -0.25) is 4.90 Å². The molecule has 0 amide bonds. The Hall–Kier alpha value is -0.870. The Bertz CT molecular complexity index is 409. The predicted octanol–water partition coefficient (Wildman–Crippen LogP) is 1.97. The van der Waals surface area contributed by atoms with Crippen LogP contribution in [0.3, 0.4) is 0 Å². The zero-order valence-electron chi connectivity index (χ0n) is 8.40. The summed E-state index contributed by atoms with van der Waals surface area (Å²) in [4.78, 5) is 15.1. The number of carbonyl (C=O) groups is 1. The minimum atomic E-state index is -0.785. The molecule has 0 radical (unpaired) electrons. The van der Waals surface area contributed by atoms with E-state index in [2.05, 4.69) is 4.90 Å². The molecule has 1 aromatic rings. The molecular weight excluding hydrogens is 210 g/mol. The van der Waals surface area contributed by atoms with E-state index in [1.54, 1.807) is 0 Å². The lowest BCUT2D eigenvalue weighted by atomic mass is 10.1. The largest absolute Gasteiger partial charge is 0.477 e. The maximum Gasteiger partial charge on any atom is 0.345 e. The second-order valence-corrected chi connectivity index (χ2v) is 5.45. The van der Waals surface area contributed by atoms with Gasteiger partial charge in [-0.1, -0.05) is 0 Å². The molecule has 3 nitrogen and oxygen atoms in total. The average molecular weight is 223 g/mol. The SMILES string of the molecule is O=C(O)c1cc2c(s1)CCN(C1CC1)C2. The van der Waals surface area contributed by atoms with Crippen molar-refractivity contribution in [2.75, 3.05) is 6.54 Å². The molecule has 1 aromatic heterocycles. The van der Waals surface area contributed by atoms with E-state index in [4.69, 9.17) is 5.11 Å². The molecule has 80 valence electrons. The number of hydrogen-bond acceptors (Lipinski definition) is 3. The summed E-state index contributed by atoms with van der Waals surface area (Å²) in [5.74, 6) is -0.785. The van der Waals surface area contributed by atoms with Crippen LogP contribution < -0.4 is 0 Å². The molecule has 0 bridgehead atoms. The highest BCUT2D eigenvalue weighted by atomic mass is 32.1. The highest BCUT2D eigenvalue weighted by molar-refractivity contribution is 7.14. The third kappa shape index (κ3) is 1.68. The molecule has 1 saturated carbocycles. The van der Waals surface area contributed by atoms with E-state index in [-0.39, 0.29) is 0 Å². The summed E-state index contributed by atoms with van der Waals surface area (Å²) in [6.07, 6.45) is 3.68. The molecule has 0 unspecified atom stereocenters. The number of nitrogens with zero attached hydrogens (tertiary/aromatic N) is 1. The molecule has 0 aromatic carbocycles.